The Balaban J connectivity index is 1.67. The second-order valence-electron chi connectivity index (χ2n) is 5.43. The average molecular weight is 377 g/mol. The first kappa shape index (κ1) is 17.3. The van der Waals surface area contributed by atoms with E-state index in [4.69, 9.17) is 27.6 Å². The SMILES string of the molecule is Cc1c(C(=O)NNC(=O)Cc2c(Cl)cccc2Cl)oc2ccccc12. The van der Waals surface area contributed by atoms with Crippen molar-refractivity contribution in [1.82, 2.24) is 10.9 Å². The minimum atomic E-state index is -0.535. The molecule has 0 atom stereocenters. The van der Waals surface area contributed by atoms with Crippen molar-refractivity contribution in [3.05, 3.63) is 69.4 Å². The van der Waals surface area contributed by atoms with E-state index in [1.54, 1.807) is 31.2 Å². The van der Waals surface area contributed by atoms with E-state index in [2.05, 4.69) is 10.9 Å². The zero-order valence-electron chi connectivity index (χ0n) is 13.2. The van der Waals surface area contributed by atoms with Gasteiger partial charge in [-0.3, -0.25) is 20.4 Å². The molecule has 2 amide bonds. The highest BCUT2D eigenvalue weighted by molar-refractivity contribution is 6.36. The van der Waals surface area contributed by atoms with Gasteiger partial charge in [0.05, 0.1) is 6.42 Å². The topological polar surface area (TPSA) is 71.3 Å². The van der Waals surface area contributed by atoms with Crippen molar-refractivity contribution in [3.63, 3.8) is 0 Å². The van der Waals surface area contributed by atoms with E-state index in [-0.39, 0.29) is 12.2 Å². The van der Waals surface area contributed by atoms with Crippen LogP contribution in [-0.2, 0) is 11.2 Å². The molecule has 0 aliphatic heterocycles. The molecule has 0 spiro atoms. The highest BCUT2D eigenvalue weighted by Gasteiger charge is 2.18. The lowest BCUT2D eigenvalue weighted by atomic mass is 10.1. The lowest BCUT2D eigenvalue weighted by Gasteiger charge is -2.09. The van der Waals surface area contributed by atoms with Gasteiger partial charge < -0.3 is 4.42 Å². The zero-order chi connectivity index (χ0) is 18.0. The highest BCUT2D eigenvalue weighted by Crippen LogP contribution is 2.25. The summed E-state index contributed by atoms with van der Waals surface area (Å²) in [6.07, 6.45) is -0.0576. The molecule has 0 unspecified atom stereocenters. The van der Waals surface area contributed by atoms with E-state index in [0.717, 1.165) is 5.39 Å². The summed E-state index contributed by atoms with van der Waals surface area (Å²) in [7, 11) is 0. The van der Waals surface area contributed by atoms with E-state index in [1.807, 2.05) is 18.2 Å². The fourth-order valence-corrected chi connectivity index (χ4v) is 3.01. The molecule has 0 aliphatic rings. The number of halogens is 2. The molecule has 3 rings (SSSR count). The molecule has 1 aromatic heterocycles. The molecule has 1 heterocycles. The Bertz CT molecular complexity index is 946. The summed E-state index contributed by atoms with van der Waals surface area (Å²) in [5.41, 5.74) is 6.49. The van der Waals surface area contributed by atoms with E-state index >= 15 is 0 Å². The number of amides is 2. The van der Waals surface area contributed by atoms with Gasteiger partial charge in [0.15, 0.2) is 5.76 Å². The third-order valence-corrected chi connectivity index (χ3v) is 4.47. The Morgan fingerprint density at radius 1 is 1.00 bits per heavy atom. The molecule has 2 N–H and O–H groups in total. The Morgan fingerprint density at radius 2 is 1.68 bits per heavy atom. The first-order valence-electron chi connectivity index (χ1n) is 7.47. The Kier molecular flexibility index (Phi) is 4.97. The van der Waals surface area contributed by atoms with Crippen molar-refractivity contribution >= 4 is 46.0 Å². The number of hydrogen-bond acceptors (Lipinski definition) is 3. The first-order chi connectivity index (χ1) is 12.0. The Morgan fingerprint density at radius 3 is 2.36 bits per heavy atom. The van der Waals surface area contributed by atoms with Gasteiger partial charge in [-0.25, -0.2) is 0 Å². The van der Waals surface area contributed by atoms with Crippen LogP contribution in [0.2, 0.25) is 10.0 Å². The van der Waals surface area contributed by atoms with Crippen LogP contribution in [0.3, 0.4) is 0 Å². The van der Waals surface area contributed by atoms with Crippen molar-refractivity contribution in [3.8, 4) is 0 Å². The lowest BCUT2D eigenvalue weighted by molar-refractivity contribution is -0.121. The summed E-state index contributed by atoms with van der Waals surface area (Å²) >= 11 is 12.1. The van der Waals surface area contributed by atoms with Crippen LogP contribution in [0.4, 0.5) is 0 Å². The molecule has 2 aromatic carbocycles. The van der Waals surface area contributed by atoms with Gasteiger partial charge in [-0.1, -0.05) is 47.5 Å². The van der Waals surface area contributed by atoms with Crippen LogP contribution in [-0.4, -0.2) is 11.8 Å². The predicted molar refractivity (Wildman–Crippen MR) is 96.7 cm³/mol. The van der Waals surface area contributed by atoms with Gasteiger partial charge in [0, 0.05) is 21.0 Å². The van der Waals surface area contributed by atoms with Crippen LogP contribution < -0.4 is 10.9 Å². The molecule has 0 saturated carbocycles. The molecule has 0 aliphatic carbocycles. The van der Waals surface area contributed by atoms with Crippen molar-refractivity contribution in [2.24, 2.45) is 0 Å². The van der Waals surface area contributed by atoms with Crippen LogP contribution in [0.15, 0.2) is 46.9 Å². The Hall–Kier alpha value is -2.50. The standard InChI is InChI=1S/C18H14Cl2N2O3/c1-10-11-5-2-3-8-15(11)25-17(10)18(24)22-21-16(23)9-12-13(19)6-4-7-14(12)20/h2-8H,9H2,1H3,(H,21,23)(H,22,24). The lowest BCUT2D eigenvalue weighted by Crippen LogP contribution is -2.42. The van der Waals surface area contributed by atoms with Gasteiger partial charge in [0.1, 0.15) is 5.58 Å². The van der Waals surface area contributed by atoms with Gasteiger partial charge in [-0.05, 0) is 30.7 Å². The van der Waals surface area contributed by atoms with Gasteiger partial charge in [0.2, 0.25) is 5.91 Å². The fraction of sp³-hybridized carbons (Fsp3) is 0.111. The smallest absolute Gasteiger partial charge is 0.305 e. The monoisotopic (exact) mass is 376 g/mol. The molecule has 25 heavy (non-hydrogen) atoms. The molecule has 0 radical (unpaired) electrons. The van der Waals surface area contributed by atoms with Gasteiger partial charge in [-0.2, -0.15) is 0 Å². The van der Waals surface area contributed by atoms with Crippen molar-refractivity contribution in [1.29, 1.82) is 0 Å². The zero-order valence-corrected chi connectivity index (χ0v) is 14.7. The highest BCUT2D eigenvalue weighted by atomic mass is 35.5. The van der Waals surface area contributed by atoms with Gasteiger partial charge in [0.25, 0.3) is 0 Å². The Labute approximate surface area is 153 Å². The van der Waals surface area contributed by atoms with Crippen LogP contribution in [0.5, 0.6) is 0 Å². The van der Waals surface area contributed by atoms with Gasteiger partial charge in [-0.15, -0.1) is 0 Å². The number of benzene rings is 2. The maximum atomic E-state index is 12.3. The molecule has 3 aromatic rings. The number of para-hydroxylation sites is 1. The third kappa shape index (κ3) is 3.62. The number of carbonyl (C=O) groups excluding carboxylic acids is 2. The molecular weight excluding hydrogens is 363 g/mol. The number of nitrogens with one attached hydrogen (secondary N) is 2. The number of aryl methyl sites for hydroxylation is 1. The maximum Gasteiger partial charge on any atom is 0.305 e. The normalized spacial score (nSPS) is 10.7. The van der Waals surface area contributed by atoms with E-state index < -0.39 is 11.8 Å². The van der Waals surface area contributed by atoms with E-state index in [9.17, 15) is 9.59 Å². The van der Waals surface area contributed by atoms with Crippen LogP contribution >= 0.6 is 23.2 Å². The van der Waals surface area contributed by atoms with Crippen molar-refractivity contribution in [2.75, 3.05) is 0 Å². The number of rotatable bonds is 3. The van der Waals surface area contributed by atoms with Crippen molar-refractivity contribution < 1.29 is 14.0 Å². The summed E-state index contributed by atoms with van der Waals surface area (Å²) < 4.78 is 5.54. The largest absolute Gasteiger partial charge is 0.451 e. The molecule has 128 valence electrons. The fourth-order valence-electron chi connectivity index (χ4n) is 2.48. The van der Waals surface area contributed by atoms with Gasteiger partial charge >= 0.3 is 5.91 Å². The summed E-state index contributed by atoms with van der Waals surface area (Å²) in [5, 5.41) is 1.63. The molecule has 0 bridgehead atoms. The third-order valence-electron chi connectivity index (χ3n) is 3.76. The van der Waals surface area contributed by atoms with Crippen LogP contribution in [0, 0.1) is 6.92 Å². The minimum Gasteiger partial charge on any atom is -0.451 e. The number of hydrazine groups is 1. The molecule has 0 saturated heterocycles. The minimum absolute atomic E-state index is 0.0576. The summed E-state index contributed by atoms with van der Waals surface area (Å²) in [5.74, 6) is -0.832. The molecule has 7 heteroatoms. The maximum absolute atomic E-state index is 12.3. The van der Waals surface area contributed by atoms with E-state index in [0.29, 0.717) is 26.8 Å². The van der Waals surface area contributed by atoms with E-state index in [1.165, 1.54) is 0 Å². The van der Waals surface area contributed by atoms with Crippen LogP contribution in [0.25, 0.3) is 11.0 Å². The first-order valence-corrected chi connectivity index (χ1v) is 8.23. The quantitative estimate of drug-likeness (QED) is 0.677. The number of carbonyl (C=O) groups is 2. The second-order valence-corrected chi connectivity index (χ2v) is 6.25. The number of fused-ring (bicyclic) bond motifs is 1. The number of furan rings is 1. The predicted octanol–water partition coefficient (Wildman–Crippen LogP) is 4.05. The molecular formula is C18H14Cl2N2O3. The molecule has 0 fully saturated rings. The summed E-state index contributed by atoms with van der Waals surface area (Å²) in [6.45, 7) is 1.78. The van der Waals surface area contributed by atoms with Crippen molar-refractivity contribution in [2.45, 2.75) is 13.3 Å². The molecule has 5 nitrogen and oxygen atoms in total. The second kappa shape index (κ2) is 7.17. The number of hydrogen-bond donors (Lipinski definition) is 2. The van der Waals surface area contributed by atoms with Crippen LogP contribution in [0.1, 0.15) is 21.7 Å². The average Bonchev–Trinajstić information content (AvgIpc) is 2.93. The summed E-state index contributed by atoms with van der Waals surface area (Å²) in [4.78, 5) is 24.3. The summed E-state index contributed by atoms with van der Waals surface area (Å²) in [6, 6.07) is 12.3.